The number of fused-ring (bicyclic) bond motifs is 1. The summed E-state index contributed by atoms with van der Waals surface area (Å²) in [6.07, 6.45) is 1.50. The van der Waals surface area contributed by atoms with Crippen molar-refractivity contribution in [3.8, 4) is 0 Å². The number of carbonyl (C=O) groups excluding carboxylic acids is 2. The summed E-state index contributed by atoms with van der Waals surface area (Å²) < 4.78 is 7.11. The van der Waals surface area contributed by atoms with Gasteiger partial charge in [0.2, 0.25) is 0 Å². The molecule has 37 heavy (non-hydrogen) atoms. The van der Waals surface area contributed by atoms with E-state index in [4.69, 9.17) is 20.9 Å². The molecule has 0 atom stereocenters. The van der Waals surface area contributed by atoms with Crippen LogP contribution in [0.1, 0.15) is 34.2 Å². The summed E-state index contributed by atoms with van der Waals surface area (Å²) in [7, 11) is 1.96. The van der Waals surface area contributed by atoms with Gasteiger partial charge in [0.1, 0.15) is 18.2 Å². The number of anilines is 1. The molecule has 0 saturated carbocycles. The van der Waals surface area contributed by atoms with E-state index in [0.29, 0.717) is 23.2 Å². The van der Waals surface area contributed by atoms with E-state index in [1.54, 1.807) is 31.2 Å². The van der Waals surface area contributed by atoms with Gasteiger partial charge in [-0.2, -0.15) is 0 Å². The second-order valence-electron chi connectivity index (χ2n) is 8.43. The molecular weight excluding hydrogens is 490 g/mol. The number of benzene rings is 3. The number of hydrogen-bond acceptors (Lipinski definition) is 5. The highest BCUT2D eigenvalue weighted by Gasteiger charge is 2.22. The summed E-state index contributed by atoms with van der Waals surface area (Å²) in [6.45, 7) is 1.81. The number of nitrogens with two attached hydrogens (primary N) is 1. The third-order valence-electron chi connectivity index (χ3n) is 6.03. The maximum absolute atomic E-state index is 13.5. The van der Waals surface area contributed by atoms with Gasteiger partial charge in [0.25, 0.3) is 5.91 Å². The number of aromatic nitrogens is 2. The first-order valence-electron chi connectivity index (χ1n) is 11.8. The average molecular weight is 520 g/mol. The minimum Gasteiger partial charge on any atom is -0.465 e. The first-order valence-corrected chi connectivity index (χ1v) is 11.8. The summed E-state index contributed by atoms with van der Waals surface area (Å²) in [5.74, 6) is 0.188. The number of esters is 1. The van der Waals surface area contributed by atoms with Gasteiger partial charge in [0.05, 0.1) is 17.6 Å². The number of nitrogen functional groups attached to an aromatic ring is 1. The molecule has 0 bridgehead atoms. The molecule has 3 N–H and O–H groups in total. The molecule has 0 fully saturated rings. The van der Waals surface area contributed by atoms with Gasteiger partial charge in [0, 0.05) is 30.3 Å². The molecule has 3 aromatic carbocycles. The molecule has 0 spiro atoms. The first kappa shape index (κ1) is 27.4. The van der Waals surface area contributed by atoms with Crippen LogP contribution in [0, 0.1) is 5.41 Å². The van der Waals surface area contributed by atoms with E-state index in [9.17, 15) is 9.59 Å². The Labute approximate surface area is 222 Å². The Morgan fingerprint density at radius 1 is 1.00 bits per heavy atom. The number of amidine groups is 1. The third kappa shape index (κ3) is 6.34. The number of imidazole rings is 1. The molecule has 0 radical (unpaired) electrons. The number of nitrogens with zero attached hydrogens (tertiary/aromatic N) is 3. The van der Waals surface area contributed by atoms with Crippen molar-refractivity contribution in [3.05, 3.63) is 95.3 Å². The van der Waals surface area contributed by atoms with Crippen LogP contribution in [0.2, 0.25) is 0 Å². The highest BCUT2D eigenvalue weighted by atomic mass is 35.5. The second-order valence-corrected chi connectivity index (χ2v) is 8.43. The molecular formula is C28H30ClN5O3. The molecule has 1 amide bonds. The minimum absolute atomic E-state index is 0. The highest BCUT2D eigenvalue weighted by Crippen LogP contribution is 2.22. The van der Waals surface area contributed by atoms with Gasteiger partial charge in [0.15, 0.2) is 0 Å². The van der Waals surface area contributed by atoms with Crippen LogP contribution >= 0.6 is 12.4 Å². The van der Waals surface area contributed by atoms with Gasteiger partial charge >= 0.3 is 5.97 Å². The van der Waals surface area contributed by atoms with Crippen LogP contribution in [0.3, 0.4) is 0 Å². The molecule has 0 unspecified atom stereocenters. The fourth-order valence-electron chi connectivity index (χ4n) is 4.09. The number of aryl methyl sites for hydroxylation is 3. The Bertz CT molecular complexity index is 1400. The van der Waals surface area contributed by atoms with Gasteiger partial charge < -0.3 is 15.0 Å². The summed E-state index contributed by atoms with van der Waals surface area (Å²) in [5, 5.41) is 7.52. The fourth-order valence-corrected chi connectivity index (χ4v) is 4.09. The number of para-hydroxylation sites is 1. The van der Waals surface area contributed by atoms with E-state index in [2.05, 4.69) is 0 Å². The lowest BCUT2D eigenvalue weighted by atomic mass is 10.1. The predicted octanol–water partition coefficient (Wildman–Crippen LogP) is 4.27. The van der Waals surface area contributed by atoms with Crippen molar-refractivity contribution in [1.29, 1.82) is 5.41 Å². The molecule has 0 saturated heterocycles. The van der Waals surface area contributed by atoms with Gasteiger partial charge in [-0.25, -0.2) is 4.98 Å². The first-order chi connectivity index (χ1) is 17.4. The van der Waals surface area contributed by atoms with E-state index >= 15 is 0 Å². The molecule has 0 aliphatic carbocycles. The SMILES string of the molecule is CCOC(=O)CN(C(=O)c1ccc2c(c1)nc(CCc1ccc(C(=N)N)cc1)n2C)c1ccccc1.Cl. The minimum atomic E-state index is -0.466. The lowest BCUT2D eigenvalue weighted by Gasteiger charge is -2.22. The number of nitrogens with one attached hydrogen (secondary N) is 1. The van der Waals surface area contributed by atoms with Crippen molar-refractivity contribution in [1.82, 2.24) is 9.55 Å². The summed E-state index contributed by atoms with van der Waals surface area (Å²) >= 11 is 0. The Hall–Kier alpha value is -4.17. The third-order valence-corrected chi connectivity index (χ3v) is 6.03. The summed E-state index contributed by atoms with van der Waals surface area (Å²) in [6, 6.07) is 22.1. The zero-order valence-electron chi connectivity index (χ0n) is 20.8. The van der Waals surface area contributed by atoms with Crippen LogP contribution in [0.15, 0.2) is 72.8 Å². The Morgan fingerprint density at radius 2 is 1.68 bits per heavy atom. The monoisotopic (exact) mass is 519 g/mol. The quantitative estimate of drug-likeness (QED) is 0.195. The zero-order chi connectivity index (χ0) is 25.7. The van der Waals surface area contributed by atoms with E-state index < -0.39 is 5.97 Å². The van der Waals surface area contributed by atoms with Crippen molar-refractivity contribution in [2.45, 2.75) is 19.8 Å². The number of hydrogen-bond donors (Lipinski definition) is 2. The normalized spacial score (nSPS) is 10.5. The highest BCUT2D eigenvalue weighted by molar-refractivity contribution is 6.09. The molecule has 0 aliphatic heterocycles. The topological polar surface area (TPSA) is 114 Å². The molecule has 8 nitrogen and oxygen atoms in total. The molecule has 1 aromatic heterocycles. The zero-order valence-corrected chi connectivity index (χ0v) is 21.6. The van der Waals surface area contributed by atoms with Crippen molar-refractivity contribution in [3.63, 3.8) is 0 Å². The number of carbonyl (C=O) groups is 2. The predicted molar refractivity (Wildman–Crippen MR) is 148 cm³/mol. The van der Waals surface area contributed by atoms with Crippen LogP contribution in [-0.4, -0.2) is 40.4 Å². The standard InChI is InChI=1S/C28H29N5O3.ClH/c1-3-36-26(34)18-33(22-7-5-4-6-8-22)28(35)21-14-15-24-23(17-21)31-25(32(24)2)16-11-19-9-12-20(13-10-19)27(29)30;/h4-10,12-15,17H,3,11,16,18H2,1-2H3,(H3,29,30);1H. The average Bonchev–Trinajstić information content (AvgIpc) is 3.21. The molecule has 0 aliphatic rings. The second kappa shape index (κ2) is 12.2. The summed E-state index contributed by atoms with van der Waals surface area (Å²) in [4.78, 5) is 31.9. The van der Waals surface area contributed by atoms with Gasteiger partial charge in [-0.1, -0.05) is 42.5 Å². The largest absolute Gasteiger partial charge is 0.465 e. The van der Waals surface area contributed by atoms with E-state index in [1.165, 1.54) is 4.90 Å². The van der Waals surface area contributed by atoms with Crippen molar-refractivity contribution < 1.29 is 14.3 Å². The van der Waals surface area contributed by atoms with Gasteiger partial charge in [-0.3, -0.25) is 19.9 Å². The summed E-state index contributed by atoms with van der Waals surface area (Å²) in [5.41, 5.74) is 10.1. The van der Waals surface area contributed by atoms with Gasteiger partial charge in [-0.15, -0.1) is 12.4 Å². The smallest absolute Gasteiger partial charge is 0.326 e. The molecule has 9 heteroatoms. The van der Waals surface area contributed by atoms with Crippen molar-refractivity contribution in [2.24, 2.45) is 12.8 Å². The maximum Gasteiger partial charge on any atom is 0.326 e. The van der Waals surface area contributed by atoms with E-state index in [0.717, 1.165) is 28.8 Å². The number of amides is 1. The van der Waals surface area contributed by atoms with Crippen molar-refractivity contribution >= 4 is 46.8 Å². The Kier molecular flexibility index (Phi) is 9.03. The van der Waals surface area contributed by atoms with Crippen LogP contribution in [0.5, 0.6) is 0 Å². The number of ether oxygens (including phenoxy) is 1. The maximum atomic E-state index is 13.5. The number of rotatable bonds is 9. The van der Waals surface area contributed by atoms with Crippen molar-refractivity contribution in [2.75, 3.05) is 18.1 Å². The molecule has 4 aromatic rings. The van der Waals surface area contributed by atoms with Gasteiger partial charge in [-0.05, 0) is 49.2 Å². The lowest BCUT2D eigenvalue weighted by molar-refractivity contribution is -0.141. The Balaban J connectivity index is 0.00000380. The molecule has 1 heterocycles. The van der Waals surface area contributed by atoms with Crippen LogP contribution in [0.4, 0.5) is 5.69 Å². The van der Waals surface area contributed by atoms with E-state index in [1.807, 2.05) is 60.1 Å². The molecule has 192 valence electrons. The Morgan fingerprint density at radius 3 is 2.32 bits per heavy atom. The van der Waals surface area contributed by atoms with Crippen LogP contribution < -0.4 is 10.6 Å². The van der Waals surface area contributed by atoms with Crippen LogP contribution in [-0.2, 0) is 29.4 Å². The fraction of sp³-hybridized carbons (Fsp3) is 0.214. The lowest BCUT2D eigenvalue weighted by Crippen LogP contribution is -2.36. The van der Waals surface area contributed by atoms with Crippen LogP contribution in [0.25, 0.3) is 11.0 Å². The number of halogens is 1. The molecule has 4 rings (SSSR count). The van der Waals surface area contributed by atoms with E-state index in [-0.39, 0.29) is 37.3 Å².